The van der Waals surface area contributed by atoms with E-state index >= 15 is 0 Å². The molecule has 11 heteroatoms. The van der Waals surface area contributed by atoms with E-state index in [0.717, 1.165) is 60.6 Å². The van der Waals surface area contributed by atoms with E-state index in [1.54, 1.807) is 0 Å². The number of benzene rings is 1. The molecule has 0 amide bonds. The molecule has 1 aromatic heterocycles. The highest BCUT2D eigenvalue weighted by Crippen LogP contribution is 2.22. The Morgan fingerprint density at radius 2 is 1.60 bits per heavy atom. The SMILES string of the molecule is CCCCCNc1nc(N)nc(C)c1Cc1ccc(CC(=O)OCCCCN(C)C)cc1.O=C(O)/C=C/C(=O)O. The fourth-order valence-corrected chi connectivity index (χ4v) is 3.61. The number of nitrogens with one attached hydrogen (secondary N) is 1. The lowest BCUT2D eigenvalue weighted by atomic mass is 10.0. The van der Waals surface area contributed by atoms with Gasteiger partial charge in [-0.2, -0.15) is 4.98 Å². The van der Waals surface area contributed by atoms with Gasteiger partial charge in [-0.3, -0.25) is 4.79 Å². The summed E-state index contributed by atoms with van der Waals surface area (Å²) in [6, 6.07) is 8.08. The number of carbonyl (C=O) groups is 3. The predicted octanol–water partition coefficient (Wildman–Crippen LogP) is 3.70. The molecular formula is C29H43N5O6. The number of ether oxygens (including phenoxy) is 1. The molecule has 0 bridgehead atoms. The number of esters is 1. The zero-order valence-corrected chi connectivity index (χ0v) is 24.0. The van der Waals surface area contributed by atoms with Crippen LogP contribution in [0, 0.1) is 6.92 Å². The molecule has 0 saturated carbocycles. The molecular weight excluding hydrogens is 514 g/mol. The second-order valence-electron chi connectivity index (χ2n) is 9.54. The Balaban J connectivity index is 0.000000869. The van der Waals surface area contributed by atoms with Crippen molar-refractivity contribution in [2.24, 2.45) is 0 Å². The molecule has 1 aromatic carbocycles. The minimum Gasteiger partial charge on any atom is -0.478 e. The van der Waals surface area contributed by atoms with Crippen molar-refractivity contribution in [3.63, 3.8) is 0 Å². The van der Waals surface area contributed by atoms with E-state index in [0.29, 0.717) is 37.5 Å². The van der Waals surface area contributed by atoms with Gasteiger partial charge in [-0.1, -0.05) is 44.0 Å². The van der Waals surface area contributed by atoms with E-state index in [-0.39, 0.29) is 5.97 Å². The largest absolute Gasteiger partial charge is 0.478 e. The quantitative estimate of drug-likeness (QED) is 0.135. The molecule has 0 saturated heterocycles. The number of nitrogens with two attached hydrogens (primary N) is 1. The van der Waals surface area contributed by atoms with Crippen LogP contribution in [-0.2, 0) is 32.0 Å². The molecule has 0 aliphatic rings. The molecule has 2 rings (SSSR count). The van der Waals surface area contributed by atoms with Gasteiger partial charge in [0.15, 0.2) is 0 Å². The standard InChI is InChI=1S/C25H39N5O2.C4H4O4/c1-5-6-7-14-27-24-22(19(2)28-25(26)29-24)17-20-10-12-21(13-11-20)18-23(31)32-16-9-8-15-30(3)4;5-3(6)1-2-4(7)8/h10-13H,5-9,14-18H2,1-4H3,(H3,26,27,28,29);1-2H,(H,5,6)(H,7,8)/b;2-1+. The monoisotopic (exact) mass is 557 g/mol. The van der Waals surface area contributed by atoms with Crippen LogP contribution in [0.2, 0.25) is 0 Å². The summed E-state index contributed by atoms with van der Waals surface area (Å²) in [5.41, 5.74) is 9.91. The third kappa shape index (κ3) is 15.4. The Morgan fingerprint density at radius 1 is 0.975 bits per heavy atom. The van der Waals surface area contributed by atoms with Gasteiger partial charge < -0.3 is 30.9 Å². The number of anilines is 2. The fourth-order valence-electron chi connectivity index (χ4n) is 3.61. The number of nitrogens with zero attached hydrogens (tertiary/aromatic N) is 3. The maximum Gasteiger partial charge on any atom is 0.328 e. The summed E-state index contributed by atoms with van der Waals surface area (Å²) in [6.45, 7) is 6.51. The first kappa shape index (κ1) is 34.0. The lowest BCUT2D eigenvalue weighted by Gasteiger charge is -2.14. The van der Waals surface area contributed by atoms with Gasteiger partial charge in [0.1, 0.15) is 5.82 Å². The molecule has 2 aromatic rings. The molecule has 0 unspecified atom stereocenters. The summed E-state index contributed by atoms with van der Waals surface area (Å²) in [4.78, 5) is 42.1. The van der Waals surface area contributed by atoms with Crippen LogP contribution >= 0.6 is 0 Å². The van der Waals surface area contributed by atoms with Crippen LogP contribution in [-0.4, -0.2) is 76.8 Å². The molecule has 0 atom stereocenters. The Labute approximate surface area is 236 Å². The zero-order chi connectivity index (χ0) is 29.9. The number of carbonyl (C=O) groups excluding carboxylic acids is 1. The molecule has 40 heavy (non-hydrogen) atoms. The molecule has 11 nitrogen and oxygen atoms in total. The second kappa shape index (κ2) is 19.1. The van der Waals surface area contributed by atoms with Gasteiger partial charge in [-0.15, -0.1) is 0 Å². The molecule has 220 valence electrons. The van der Waals surface area contributed by atoms with E-state index in [1.165, 1.54) is 12.8 Å². The number of hydrogen-bond acceptors (Lipinski definition) is 9. The van der Waals surface area contributed by atoms with Crippen molar-refractivity contribution >= 4 is 29.7 Å². The summed E-state index contributed by atoms with van der Waals surface area (Å²) in [7, 11) is 4.09. The van der Waals surface area contributed by atoms with Crippen LogP contribution in [0.25, 0.3) is 0 Å². The van der Waals surface area contributed by atoms with Crippen LogP contribution in [0.5, 0.6) is 0 Å². The van der Waals surface area contributed by atoms with Crippen molar-refractivity contribution in [2.75, 3.05) is 44.8 Å². The predicted molar refractivity (Wildman–Crippen MR) is 155 cm³/mol. The third-order valence-electron chi connectivity index (χ3n) is 5.69. The van der Waals surface area contributed by atoms with E-state index in [4.69, 9.17) is 20.7 Å². The Bertz CT molecular complexity index is 1090. The smallest absolute Gasteiger partial charge is 0.328 e. The van der Waals surface area contributed by atoms with Crippen molar-refractivity contribution in [1.82, 2.24) is 14.9 Å². The van der Waals surface area contributed by atoms with Crippen LogP contribution in [0.4, 0.5) is 11.8 Å². The number of hydrogen-bond donors (Lipinski definition) is 4. The van der Waals surface area contributed by atoms with Crippen molar-refractivity contribution in [1.29, 1.82) is 0 Å². The average molecular weight is 558 g/mol. The average Bonchev–Trinajstić information content (AvgIpc) is 2.88. The fraction of sp³-hybridized carbons (Fsp3) is 0.483. The maximum absolute atomic E-state index is 12.1. The van der Waals surface area contributed by atoms with Crippen molar-refractivity contribution in [2.45, 2.75) is 58.8 Å². The maximum atomic E-state index is 12.1. The number of carboxylic acids is 2. The van der Waals surface area contributed by atoms with Crippen LogP contribution in [0.3, 0.4) is 0 Å². The Kier molecular flexibility index (Phi) is 16.3. The van der Waals surface area contributed by atoms with Gasteiger partial charge in [0.25, 0.3) is 0 Å². The first-order valence-electron chi connectivity index (χ1n) is 13.4. The van der Waals surface area contributed by atoms with Crippen LogP contribution in [0.1, 0.15) is 61.4 Å². The summed E-state index contributed by atoms with van der Waals surface area (Å²) >= 11 is 0. The van der Waals surface area contributed by atoms with Crippen molar-refractivity contribution in [3.8, 4) is 0 Å². The van der Waals surface area contributed by atoms with Gasteiger partial charge in [0.05, 0.1) is 13.0 Å². The van der Waals surface area contributed by atoms with Gasteiger partial charge in [0.2, 0.25) is 5.95 Å². The van der Waals surface area contributed by atoms with Crippen molar-refractivity contribution < 1.29 is 29.3 Å². The Hall–Kier alpha value is -3.99. The second-order valence-corrected chi connectivity index (χ2v) is 9.54. The van der Waals surface area contributed by atoms with Gasteiger partial charge in [-0.05, 0) is 58.0 Å². The number of nitrogen functional groups attached to an aromatic ring is 1. The van der Waals surface area contributed by atoms with Gasteiger partial charge >= 0.3 is 17.9 Å². The summed E-state index contributed by atoms with van der Waals surface area (Å²) in [5, 5.41) is 19.1. The summed E-state index contributed by atoms with van der Waals surface area (Å²) in [6.07, 6.45) is 7.49. The summed E-state index contributed by atoms with van der Waals surface area (Å²) < 4.78 is 5.36. The molecule has 0 aliphatic heterocycles. The molecule has 0 fully saturated rings. The van der Waals surface area contributed by atoms with E-state index in [2.05, 4.69) is 39.2 Å². The number of carboxylic acid groups (broad SMARTS) is 2. The highest BCUT2D eigenvalue weighted by molar-refractivity contribution is 5.89. The highest BCUT2D eigenvalue weighted by Gasteiger charge is 2.12. The number of aliphatic carboxylic acids is 2. The minimum absolute atomic E-state index is 0.177. The van der Waals surface area contributed by atoms with Crippen molar-refractivity contribution in [3.05, 3.63) is 58.8 Å². The van der Waals surface area contributed by atoms with E-state index in [9.17, 15) is 14.4 Å². The number of aryl methyl sites for hydroxylation is 1. The van der Waals surface area contributed by atoms with Crippen LogP contribution < -0.4 is 11.1 Å². The van der Waals surface area contributed by atoms with E-state index in [1.807, 2.05) is 33.2 Å². The topological polar surface area (TPSA) is 168 Å². The zero-order valence-electron chi connectivity index (χ0n) is 24.0. The summed E-state index contributed by atoms with van der Waals surface area (Å²) in [5.74, 6) is -1.59. The molecule has 5 N–H and O–H groups in total. The normalized spacial score (nSPS) is 10.7. The van der Waals surface area contributed by atoms with Gasteiger partial charge in [0, 0.05) is 36.4 Å². The highest BCUT2D eigenvalue weighted by atomic mass is 16.5. The number of aromatic nitrogens is 2. The molecule has 0 aliphatic carbocycles. The molecule has 0 spiro atoms. The van der Waals surface area contributed by atoms with Gasteiger partial charge in [-0.25, -0.2) is 14.6 Å². The number of rotatable bonds is 16. The minimum atomic E-state index is -1.26. The first-order chi connectivity index (χ1) is 19.0. The first-order valence-corrected chi connectivity index (χ1v) is 13.4. The Morgan fingerprint density at radius 3 is 2.17 bits per heavy atom. The lowest BCUT2D eigenvalue weighted by Crippen LogP contribution is -2.14. The van der Waals surface area contributed by atoms with E-state index < -0.39 is 11.9 Å². The number of unbranched alkanes of at least 4 members (excludes halogenated alkanes) is 3. The third-order valence-corrected chi connectivity index (χ3v) is 5.69. The van der Waals surface area contributed by atoms with Crippen LogP contribution in [0.15, 0.2) is 36.4 Å². The molecule has 1 heterocycles. The molecule has 0 radical (unpaired) electrons. The lowest BCUT2D eigenvalue weighted by molar-refractivity contribution is -0.143.